The van der Waals surface area contributed by atoms with Crippen LogP contribution in [0, 0.1) is 29.1 Å². The van der Waals surface area contributed by atoms with Crippen LogP contribution in [0.25, 0.3) is 0 Å². The van der Waals surface area contributed by atoms with Crippen LogP contribution in [0.15, 0.2) is 60.2 Å². The predicted molar refractivity (Wildman–Crippen MR) is 133 cm³/mol. The van der Waals surface area contributed by atoms with E-state index in [1.54, 1.807) is 36.4 Å². The molecule has 4 aliphatic rings. The van der Waals surface area contributed by atoms with Crippen molar-refractivity contribution in [1.29, 1.82) is 0 Å². The fourth-order valence-electron chi connectivity index (χ4n) is 7.28. The molecule has 2 saturated heterocycles. The molecule has 6 rings (SSSR count). The van der Waals surface area contributed by atoms with Crippen LogP contribution in [0.1, 0.15) is 31.2 Å². The lowest BCUT2D eigenvalue weighted by atomic mass is 9.51. The van der Waals surface area contributed by atoms with Crippen LogP contribution in [-0.2, 0) is 19.2 Å². The summed E-state index contributed by atoms with van der Waals surface area (Å²) < 4.78 is 5.64. The number of carbonyl (C=O) groups is 4. The van der Waals surface area contributed by atoms with E-state index in [4.69, 9.17) is 4.74 Å². The summed E-state index contributed by atoms with van der Waals surface area (Å²) in [7, 11) is 3.01. The Bertz CT molecular complexity index is 1380. The summed E-state index contributed by atoms with van der Waals surface area (Å²) in [6, 6.07) is 13.6. The van der Waals surface area contributed by atoms with E-state index in [0.717, 1.165) is 5.57 Å². The number of imide groups is 2. The fourth-order valence-corrected chi connectivity index (χ4v) is 7.28. The van der Waals surface area contributed by atoms with Gasteiger partial charge in [0.05, 0.1) is 36.0 Å². The summed E-state index contributed by atoms with van der Waals surface area (Å²) in [5.41, 5.74) is 0.912. The fraction of sp³-hybridized carbons (Fsp3) is 0.379. The van der Waals surface area contributed by atoms with Gasteiger partial charge in [-0.3, -0.25) is 24.1 Å². The molecule has 3 fully saturated rings. The number of anilines is 1. The topological polar surface area (TPSA) is 104 Å². The van der Waals surface area contributed by atoms with Crippen molar-refractivity contribution in [3.63, 3.8) is 0 Å². The zero-order valence-corrected chi connectivity index (χ0v) is 20.9. The van der Waals surface area contributed by atoms with E-state index < -0.39 is 29.1 Å². The minimum absolute atomic E-state index is 0.0188. The molecule has 4 amide bonds. The summed E-state index contributed by atoms with van der Waals surface area (Å²) in [6.07, 6.45) is 2.70. The zero-order chi connectivity index (χ0) is 26.2. The Morgan fingerprint density at radius 2 is 1.70 bits per heavy atom. The van der Waals surface area contributed by atoms with Crippen LogP contribution in [0.4, 0.5) is 5.69 Å². The molecule has 6 unspecified atom stereocenters. The Morgan fingerprint density at radius 1 is 0.973 bits per heavy atom. The van der Waals surface area contributed by atoms with Crippen LogP contribution in [0.5, 0.6) is 11.5 Å². The van der Waals surface area contributed by atoms with Gasteiger partial charge in [-0.1, -0.05) is 35.9 Å². The van der Waals surface area contributed by atoms with Crippen molar-refractivity contribution in [3.05, 3.63) is 65.7 Å². The molecule has 0 spiro atoms. The Kier molecular flexibility index (Phi) is 5.09. The van der Waals surface area contributed by atoms with Crippen molar-refractivity contribution in [2.24, 2.45) is 29.1 Å². The SMILES string of the molecule is COc1cc(O)ccc1C1C2=CCC3C(=O)N(C)C(=O)C3C2CC2C(=O)N(c3ccccc3)C(=O)C21C. The minimum Gasteiger partial charge on any atom is -0.508 e. The van der Waals surface area contributed by atoms with Gasteiger partial charge in [-0.15, -0.1) is 0 Å². The van der Waals surface area contributed by atoms with E-state index in [2.05, 4.69) is 0 Å². The second-order valence-corrected chi connectivity index (χ2v) is 10.7. The summed E-state index contributed by atoms with van der Waals surface area (Å²) in [4.78, 5) is 56.8. The number of fused-ring (bicyclic) bond motifs is 4. The molecule has 37 heavy (non-hydrogen) atoms. The van der Waals surface area contributed by atoms with Crippen molar-refractivity contribution >= 4 is 29.3 Å². The highest BCUT2D eigenvalue weighted by Crippen LogP contribution is 2.64. The highest BCUT2D eigenvalue weighted by Gasteiger charge is 2.67. The third-order valence-electron chi connectivity index (χ3n) is 9.04. The third kappa shape index (κ3) is 3.01. The maximum absolute atomic E-state index is 14.3. The Balaban J connectivity index is 1.57. The lowest BCUT2D eigenvalue weighted by molar-refractivity contribution is -0.138. The highest BCUT2D eigenvalue weighted by atomic mass is 16.5. The predicted octanol–water partition coefficient (Wildman–Crippen LogP) is 3.26. The van der Waals surface area contributed by atoms with Gasteiger partial charge in [0.15, 0.2) is 0 Å². The molecule has 2 aliphatic heterocycles. The van der Waals surface area contributed by atoms with E-state index in [1.165, 1.54) is 30.0 Å². The molecule has 2 aromatic rings. The molecular formula is C29H28N2O6. The number of phenols is 1. The number of aromatic hydroxyl groups is 1. The number of methoxy groups -OCH3 is 1. The molecular weight excluding hydrogens is 472 g/mol. The number of nitrogens with zero attached hydrogens (tertiary/aromatic N) is 2. The molecule has 8 nitrogen and oxygen atoms in total. The Labute approximate surface area is 214 Å². The first-order valence-electron chi connectivity index (χ1n) is 12.5. The lowest BCUT2D eigenvalue weighted by Gasteiger charge is -2.49. The van der Waals surface area contributed by atoms with Crippen molar-refractivity contribution in [3.8, 4) is 11.5 Å². The molecule has 6 atom stereocenters. The number of ether oxygens (including phenoxy) is 1. The van der Waals surface area contributed by atoms with Crippen molar-refractivity contribution in [2.45, 2.75) is 25.7 Å². The maximum Gasteiger partial charge on any atom is 0.241 e. The monoisotopic (exact) mass is 500 g/mol. The molecule has 2 aliphatic carbocycles. The molecule has 1 saturated carbocycles. The lowest BCUT2D eigenvalue weighted by Crippen LogP contribution is -2.48. The summed E-state index contributed by atoms with van der Waals surface area (Å²) >= 11 is 0. The van der Waals surface area contributed by atoms with Gasteiger partial charge >= 0.3 is 0 Å². The van der Waals surface area contributed by atoms with E-state index >= 15 is 0 Å². The second kappa shape index (κ2) is 8.03. The summed E-state index contributed by atoms with van der Waals surface area (Å²) in [5.74, 6) is -3.28. The van der Waals surface area contributed by atoms with Crippen LogP contribution >= 0.6 is 0 Å². The molecule has 190 valence electrons. The number of hydrogen-bond acceptors (Lipinski definition) is 6. The van der Waals surface area contributed by atoms with Gasteiger partial charge in [0, 0.05) is 24.6 Å². The van der Waals surface area contributed by atoms with Gasteiger partial charge in [-0.05, 0) is 43.9 Å². The minimum atomic E-state index is -1.15. The number of carbonyl (C=O) groups excluding carboxylic acids is 4. The largest absolute Gasteiger partial charge is 0.508 e. The van der Waals surface area contributed by atoms with Gasteiger partial charge in [-0.2, -0.15) is 0 Å². The molecule has 0 bridgehead atoms. The van der Waals surface area contributed by atoms with Crippen LogP contribution in [0.3, 0.4) is 0 Å². The normalized spacial score (nSPS) is 32.7. The molecule has 2 aromatic carbocycles. The molecule has 1 N–H and O–H groups in total. The van der Waals surface area contributed by atoms with Gasteiger partial charge in [-0.25, -0.2) is 4.90 Å². The van der Waals surface area contributed by atoms with Gasteiger partial charge in [0.25, 0.3) is 0 Å². The van der Waals surface area contributed by atoms with E-state index in [1.807, 2.05) is 19.1 Å². The highest BCUT2D eigenvalue weighted by molar-refractivity contribution is 6.24. The average molecular weight is 501 g/mol. The number of phenolic OH excluding ortho intramolecular Hbond substituents is 1. The van der Waals surface area contributed by atoms with Gasteiger partial charge < -0.3 is 9.84 Å². The van der Waals surface area contributed by atoms with Crippen molar-refractivity contribution < 1.29 is 29.0 Å². The van der Waals surface area contributed by atoms with E-state index in [9.17, 15) is 24.3 Å². The Hall–Kier alpha value is -3.94. The third-order valence-corrected chi connectivity index (χ3v) is 9.04. The number of benzene rings is 2. The maximum atomic E-state index is 14.3. The second-order valence-electron chi connectivity index (χ2n) is 10.7. The summed E-state index contributed by atoms with van der Waals surface area (Å²) in [6.45, 7) is 1.83. The first-order valence-corrected chi connectivity index (χ1v) is 12.5. The number of allylic oxidation sites excluding steroid dienone is 2. The number of amides is 4. The first-order chi connectivity index (χ1) is 17.7. The van der Waals surface area contributed by atoms with Crippen LogP contribution in [0.2, 0.25) is 0 Å². The number of rotatable bonds is 3. The van der Waals surface area contributed by atoms with E-state index in [-0.39, 0.29) is 35.3 Å². The number of para-hydroxylation sites is 1. The van der Waals surface area contributed by atoms with Crippen LogP contribution in [-0.4, -0.2) is 47.8 Å². The quantitative estimate of drug-likeness (QED) is 0.513. The number of likely N-dealkylation sites (tertiary alicyclic amines) is 1. The first kappa shape index (κ1) is 23.5. The molecule has 8 heteroatoms. The number of hydrogen-bond donors (Lipinski definition) is 1. The molecule has 0 radical (unpaired) electrons. The average Bonchev–Trinajstić information content (AvgIpc) is 3.24. The molecule has 2 heterocycles. The molecule has 0 aromatic heterocycles. The Morgan fingerprint density at radius 3 is 2.41 bits per heavy atom. The van der Waals surface area contributed by atoms with Gasteiger partial charge in [0.2, 0.25) is 23.6 Å². The van der Waals surface area contributed by atoms with Crippen molar-refractivity contribution in [2.75, 3.05) is 19.1 Å². The van der Waals surface area contributed by atoms with Crippen molar-refractivity contribution in [1.82, 2.24) is 4.90 Å². The zero-order valence-electron chi connectivity index (χ0n) is 20.9. The van der Waals surface area contributed by atoms with Gasteiger partial charge in [0.1, 0.15) is 11.5 Å². The smallest absolute Gasteiger partial charge is 0.241 e. The summed E-state index contributed by atoms with van der Waals surface area (Å²) in [5, 5.41) is 10.1. The van der Waals surface area contributed by atoms with E-state index in [0.29, 0.717) is 29.8 Å². The van der Waals surface area contributed by atoms with Crippen LogP contribution < -0.4 is 9.64 Å². The standard InChI is InChI=1S/C29H28N2O6/c1-29-21(26(34)31(28(29)36)15-7-5-4-6-8-15)14-20-17(11-12-19-23(20)27(35)30(2)25(19)33)24(29)18-10-9-16(32)13-22(18)37-3/h4-11,13,19-21,23-24,32H,12,14H2,1-3H3.